The van der Waals surface area contributed by atoms with Crippen molar-refractivity contribution in [2.45, 2.75) is 40.0 Å². The fourth-order valence-electron chi connectivity index (χ4n) is 1.85. The van der Waals surface area contributed by atoms with Gasteiger partial charge < -0.3 is 0 Å². The SMILES string of the molecule is CCC(C)c1c(C)cccc1C(C)=O. The van der Waals surface area contributed by atoms with Crippen LogP contribution in [0.3, 0.4) is 0 Å². The summed E-state index contributed by atoms with van der Waals surface area (Å²) in [5.74, 6) is 0.638. The standard InChI is InChI=1S/C13H18O/c1-5-9(2)13-10(3)7-6-8-12(13)11(4)14/h6-9H,5H2,1-4H3. The molecule has 1 nitrogen and oxygen atoms in total. The average Bonchev–Trinajstić information content (AvgIpc) is 2.16. The highest BCUT2D eigenvalue weighted by Gasteiger charge is 2.13. The van der Waals surface area contributed by atoms with Crippen molar-refractivity contribution in [3.63, 3.8) is 0 Å². The highest BCUT2D eigenvalue weighted by atomic mass is 16.1. The van der Waals surface area contributed by atoms with Crippen molar-refractivity contribution in [1.82, 2.24) is 0 Å². The molecule has 1 rings (SSSR count). The maximum absolute atomic E-state index is 11.4. The number of Topliss-reactive ketones (excluding diaryl/α,β-unsaturated/α-hetero) is 1. The van der Waals surface area contributed by atoms with Crippen molar-refractivity contribution in [3.8, 4) is 0 Å². The van der Waals surface area contributed by atoms with E-state index < -0.39 is 0 Å². The number of ketones is 1. The van der Waals surface area contributed by atoms with Crippen LogP contribution in [0.25, 0.3) is 0 Å². The topological polar surface area (TPSA) is 17.1 Å². The minimum atomic E-state index is 0.170. The number of hydrogen-bond acceptors (Lipinski definition) is 1. The first-order chi connectivity index (χ1) is 6.57. The Bertz CT molecular complexity index is 339. The maximum atomic E-state index is 11.4. The summed E-state index contributed by atoms with van der Waals surface area (Å²) >= 11 is 0. The number of carbonyl (C=O) groups is 1. The average molecular weight is 190 g/mol. The molecule has 0 saturated heterocycles. The van der Waals surface area contributed by atoms with E-state index in [9.17, 15) is 4.79 Å². The van der Waals surface area contributed by atoms with E-state index in [0.29, 0.717) is 5.92 Å². The Morgan fingerprint density at radius 3 is 2.57 bits per heavy atom. The molecule has 14 heavy (non-hydrogen) atoms. The predicted octanol–water partition coefficient (Wildman–Crippen LogP) is 3.71. The summed E-state index contributed by atoms with van der Waals surface area (Å²) < 4.78 is 0. The summed E-state index contributed by atoms with van der Waals surface area (Å²) in [6.07, 6.45) is 1.07. The van der Waals surface area contributed by atoms with Crippen molar-refractivity contribution in [3.05, 3.63) is 34.9 Å². The first kappa shape index (κ1) is 11.0. The van der Waals surface area contributed by atoms with Crippen molar-refractivity contribution < 1.29 is 4.79 Å². The highest BCUT2D eigenvalue weighted by Crippen LogP contribution is 2.26. The molecule has 0 aliphatic carbocycles. The number of aryl methyl sites for hydroxylation is 1. The van der Waals surface area contributed by atoms with Gasteiger partial charge in [-0.1, -0.05) is 32.0 Å². The van der Waals surface area contributed by atoms with E-state index in [-0.39, 0.29) is 5.78 Å². The lowest BCUT2D eigenvalue weighted by atomic mass is 9.88. The molecule has 1 heteroatoms. The zero-order chi connectivity index (χ0) is 10.7. The smallest absolute Gasteiger partial charge is 0.160 e. The molecule has 0 fully saturated rings. The molecule has 0 amide bonds. The monoisotopic (exact) mass is 190 g/mol. The number of benzene rings is 1. The predicted molar refractivity (Wildman–Crippen MR) is 59.9 cm³/mol. The number of carbonyl (C=O) groups excluding carboxylic acids is 1. The van der Waals surface area contributed by atoms with E-state index >= 15 is 0 Å². The molecule has 1 atom stereocenters. The Morgan fingerprint density at radius 1 is 1.43 bits per heavy atom. The van der Waals surface area contributed by atoms with Crippen LogP contribution < -0.4 is 0 Å². The Hall–Kier alpha value is -1.11. The van der Waals surface area contributed by atoms with E-state index in [1.165, 1.54) is 11.1 Å². The van der Waals surface area contributed by atoms with Crippen LogP contribution in [-0.2, 0) is 0 Å². The van der Waals surface area contributed by atoms with Crippen LogP contribution in [0.1, 0.15) is 54.6 Å². The second-order valence-corrected chi connectivity index (χ2v) is 3.90. The second-order valence-electron chi connectivity index (χ2n) is 3.90. The summed E-state index contributed by atoms with van der Waals surface area (Å²) in [5, 5.41) is 0. The fourth-order valence-corrected chi connectivity index (χ4v) is 1.85. The van der Waals surface area contributed by atoms with Gasteiger partial charge in [-0.3, -0.25) is 4.79 Å². The molecule has 0 aliphatic heterocycles. The Kier molecular flexibility index (Phi) is 3.45. The van der Waals surface area contributed by atoms with Crippen LogP contribution in [0.4, 0.5) is 0 Å². The minimum Gasteiger partial charge on any atom is -0.295 e. The van der Waals surface area contributed by atoms with Crippen molar-refractivity contribution in [2.24, 2.45) is 0 Å². The van der Waals surface area contributed by atoms with Gasteiger partial charge in [0.15, 0.2) is 5.78 Å². The van der Waals surface area contributed by atoms with Crippen LogP contribution in [-0.4, -0.2) is 5.78 Å². The molecule has 1 aromatic carbocycles. The highest BCUT2D eigenvalue weighted by molar-refractivity contribution is 5.96. The summed E-state index contributed by atoms with van der Waals surface area (Å²) in [5.41, 5.74) is 3.34. The molecule has 1 aromatic rings. The van der Waals surface area contributed by atoms with Gasteiger partial charge in [-0.2, -0.15) is 0 Å². The van der Waals surface area contributed by atoms with E-state index in [1.54, 1.807) is 6.92 Å². The van der Waals surface area contributed by atoms with Gasteiger partial charge >= 0.3 is 0 Å². The quantitative estimate of drug-likeness (QED) is 0.664. The Morgan fingerprint density at radius 2 is 2.07 bits per heavy atom. The maximum Gasteiger partial charge on any atom is 0.160 e. The zero-order valence-corrected chi connectivity index (χ0v) is 9.42. The fraction of sp³-hybridized carbons (Fsp3) is 0.462. The minimum absolute atomic E-state index is 0.170. The van der Waals surface area contributed by atoms with Gasteiger partial charge in [-0.15, -0.1) is 0 Å². The molecule has 0 aromatic heterocycles. The molecule has 0 aliphatic rings. The van der Waals surface area contributed by atoms with E-state index in [4.69, 9.17) is 0 Å². The van der Waals surface area contributed by atoms with Crippen LogP contribution in [0.15, 0.2) is 18.2 Å². The van der Waals surface area contributed by atoms with Gasteiger partial charge in [0.1, 0.15) is 0 Å². The molecule has 0 heterocycles. The first-order valence-electron chi connectivity index (χ1n) is 5.18. The van der Waals surface area contributed by atoms with Gasteiger partial charge in [0.2, 0.25) is 0 Å². The van der Waals surface area contributed by atoms with Gasteiger partial charge in [0, 0.05) is 5.56 Å². The van der Waals surface area contributed by atoms with E-state index in [0.717, 1.165) is 12.0 Å². The molecule has 0 bridgehead atoms. The molecule has 0 radical (unpaired) electrons. The largest absolute Gasteiger partial charge is 0.295 e. The van der Waals surface area contributed by atoms with E-state index in [1.807, 2.05) is 12.1 Å². The normalized spacial score (nSPS) is 12.6. The summed E-state index contributed by atoms with van der Waals surface area (Å²) in [6, 6.07) is 5.96. The van der Waals surface area contributed by atoms with E-state index in [2.05, 4.69) is 26.8 Å². The molecular formula is C13H18O. The van der Waals surface area contributed by atoms with Gasteiger partial charge in [-0.25, -0.2) is 0 Å². The van der Waals surface area contributed by atoms with Gasteiger partial charge in [-0.05, 0) is 37.3 Å². The first-order valence-corrected chi connectivity index (χ1v) is 5.18. The van der Waals surface area contributed by atoms with Gasteiger partial charge in [0.05, 0.1) is 0 Å². The molecule has 76 valence electrons. The number of hydrogen-bond donors (Lipinski definition) is 0. The lowest BCUT2D eigenvalue weighted by Gasteiger charge is -2.16. The number of rotatable bonds is 3. The lowest BCUT2D eigenvalue weighted by molar-refractivity contribution is 0.101. The molecule has 0 saturated carbocycles. The lowest BCUT2D eigenvalue weighted by Crippen LogP contribution is -2.05. The van der Waals surface area contributed by atoms with Crippen molar-refractivity contribution in [2.75, 3.05) is 0 Å². The Balaban J connectivity index is 3.29. The molecule has 0 spiro atoms. The zero-order valence-electron chi connectivity index (χ0n) is 9.42. The van der Waals surface area contributed by atoms with Crippen LogP contribution >= 0.6 is 0 Å². The Labute approximate surface area is 86.1 Å². The second kappa shape index (κ2) is 4.41. The summed E-state index contributed by atoms with van der Waals surface area (Å²) in [4.78, 5) is 11.4. The summed E-state index contributed by atoms with van der Waals surface area (Å²) in [6.45, 7) is 8.05. The van der Waals surface area contributed by atoms with Gasteiger partial charge in [0.25, 0.3) is 0 Å². The third kappa shape index (κ3) is 2.03. The third-order valence-electron chi connectivity index (χ3n) is 2.81. The third-order valence-corrected chi connectivity index (χ3v) is 2.81. The van der Waals surface area contributed by atoms with Crippen molar-refractivity contribution >= 4 is 5.78 Å². The molecule has 0 N–H and O–H groups in total. The summed E-state index contributed by atoms with van der Waals surface area (Å²) in [7, 11) is 0. The van der Waals surface area contributed by atoms with Crippen LogP contribution in [0, 0.1) is 6.92 Å². The van der Waals surface area contributed by atoms with Crippen molar-refractivity contribution in [1.29, 1.82) is 0 Å². The van der Waals surface area contributed by atoms with Crippen LogP contribution in [0.2, 0.25) is 0 Å². The molecule has 1 unspecified atom stereocenters. The van der Waals surface area contributed by atoms with Crippen LogP contribution in [0.5, 0.6) is 0 Å². The molecular weight excluding hydrogens is 172 g/mol.